The van der Waals surface area contributed by atoms with Gasteiger partial charge < -0.3 is 10.2 Å². The first kappa shape index (κ1) is 9.93. The molecular weight excluding hydrogens is 155 g/mol. The first-order valence-corrected chi connectivity index (χ1v) is 4.65. The van der Waals surface area contributed by atoms with Crippen LogP contribution in [-0.2, 0) is 0 Å². The van der Waals surface area contributed by atoms with E-state index < -0.39 is 0 Å². The smallest absolute Gasteiger partial charge is 0.104 e. The highest BCUT2D eigenvalue weighted by atomic mass is 19.1. The third-order valence-electron chi connectivity index (χ3n) is 2.64. The quantitative estimate of drug-likeness (QED) is 0.687. The van der Waals surface area contributed by atoms with E-state index in [2.05, 4.69) is 24.2 Å². The number of likely N-dealkylation sites (tertiary alicyclic amines) is 1. The lowest BCUT2D eigenvalue weighted by Crippen LogP contribution is -2.39. The van der Waals surface area contributed by atoms with Crippen LogP contribution in [0.15, 0.2) is 0 Å². The van der Waals surface area contributed by atoms with Gasteiger partial charge in [-0.2, -0.15) is 0 Å². The minimum Gasteiger partial charge on any atom is -0.308 e. The highest BCUT2D eigenvalue weighted by Gasteiger charge is 2.26. The minimum atomic E-state index is -0.269. The SMILES string of the molecule is CC(CF)NC1CC(C)N(C)C1. The third-order valence-corrected chi connectivity index (χ3v) is 2.64. The van der Waals surface area contributed by atoms with Crippen LogP contribution in [-0.4, -0.2) is 43.3 Å². The molecular formula is C9H19FN2. The molecule has 72 valence electrons. The van der Waals surface area contributed by atoms with E-state index in [1.165, 1.54) is 0 Å². The van der Waals surface area contributed by atoms with Crippen LogP contribution in [0.3, 0.4) is 0 Å². The molecule has 3 unspecified atom stereocenters. The molecule has 1 aliphatic rings. The molecule has 1 fully saturated rings. The molecule has 3 atom stereocenters. The molecule has 0 spiro atoms. The molecule has 12 heavy (non-hydrogen) atoms. The summed E-state index contributed by atoms with van der Waals surface area (Å²) >= 11 is 0. The fourth-order valence-corrected chi connectivity index (χ4v) is 1.76. The van der Waals surface area contributed by atoms with Crippen LogP contribution in [0.4, 0.5) is 4.39 Å². The second-order valence-corrected chi connectivity index (χ2v) is 3.94. The first-order valence-electron chi connectivity index (χ1n) is 4.65. The number of likely N-dealkylation sites (N-methyl/N-ethyl adjacent to an activating group) is 1. The van der Waals surface area contributed by atoms with Crippen LogP contribution >= 0.6 is 0 Å². The summed E-state index contributed by atoms with van der Waals surface area (Å²) < 4.78 is 12.2. The number of hydrogen-bond acceptors (Lipinski definition) is 2. The van der Waals surface area contributed by atoms with E-state index in [4.69, 9.17) is 0 Å². The van der Waals surface area contributed by atoms with E-state index in [0.29, 0.717) is 12.1 Å². The monoisotopic (exact) mass is 174 g/mol. The van der Waals surface area contributed by atoms with Gasteiger partial charge in [0.15, 0.2) is 0 Å². The lowest BCUT2D eigenvalue weighted by atomic mass is 10.2. The van der Waals surface area contributed by atoms with Crippen molar-refractivity contribution in [2.24, 2.45) is 0 Å². The molecule has 1 rings (SSSR count). The number of rotatable bonds is 3. The van der Waals surface area contributed by atoms with Gasteiger partial charge in [0.05, 0.1) is 0 Å². The number of nitrogens with zero attached hydrogens (tertiary/aromatic N) is 1. The van der Waals surface area contributed by atoms with Gasteiger partial charge in [-0.15, -0.1) is 0 Å². The molecule has 1 N–H and O–H groups in total. The van der Waals surface area contributed by atoms with Crippen molar-refractivity contribution in [3.05, 3.63) is 0 Å². The maximum atomic E-state index is 12.2. The van der Waals surface area contributed by atoms with E-state index in [1.54, 1.807) is 0 Å². The summed E-state index contributed by atoms with van der Waals surface area (Å²) in [4.78, 5) is 2.31. The average molecular weight is 174 g/mol. The van der Waals surface area contributed by atoms with E-state index in [0.717, 1.165) is 13.0 Å². The van der Waals surface area contributed by atoms with Crippen molar-refractivity contribution >= 4 is 0 Å². The van der Waals surface area contributed by atoms with Gasteiger partial charge in [-0.25, -0.2) is 4.39 Å². The van der Waals surface area contributed by atoms with Gasteiger partial charge >= 0.3 is 0 Å². The van der Waals surface area contributed by atoms with E-state index in [9.17, 15) is 4.39 Å². The summed E-state index contributed by atoms with van der Waals surface area (Å²) in [5.41, 5.74) is 0. The molecule has 1 saturated heterocycles. The van der Waals surface area contributed by atoms with Crippen molar-refractivity contribution in [1.29, 1.82) is 0 Å². The minimum absolute atomic E-state index is 0.00806. The molecule has 2 nitrogen and oxygen atoms in total. The van der Waals surface area contributed by atoms with E-state index in [1.807, 2.05) is 6.92 Å². The van der Waals surface area contributed by atoms with Crippen molar-refractivity contribution in [3.8, 4) is 0 Å². The summed E-state index contributed by atoms with van der Waals surface area (Å²) in [5, 5.41) is 3.27. The summed E-state index contributed by atoms with van der Waals surface area (Å²) in [5.74, 6) is 0. The van der Waals surface area contributed by atoms with Crippen LogP contribution in [0.5, 0.6) is 0 Å². The second kappa shape index (κ2) is 4.19. The zero-order chi connectivity index (χ0) is 9.14. The Bertz CT molecular complexity index is 130. The molecule has 0 saturated carbocycles. The van der Waals surface area contributed by atoms with Crippen molar-refractivity contribution in [1.82, 2.24) is 10.2 Å². The van der Waals surface area contributed by atoms with Gasteiger partial charge in [0.1, 0.15) is 6.67 Å². The van der Waals surface area contributed by atoms with Crippen LogP contribution in [0.2, 0.25) is 0 Å². The Hall–Kier alpha value is -0.150. The average Bonchev–Trinajstić information content (AvgIpc) is 2.31. The fraction of sp³-hybridized carbons (Fsp3) is 1.00. The third kappa shape index (κ3) is 2.42. The van der Waals surface area contributed by atoms with E-state index in [-0.39, 0.29) is 12.7 Å². The van der Waals surface area contributed by atoms with Crippen LogP contribution in [0.1, 0.15) is 20.3 Å². The topological polar surface area (TPSA) is 15.3 Å². The number of hydrogen-bond donors (Lipinski definition) is 1. The highest BCUT2D eigenvalue weighted by molar-refractivity contribution is 4.86. The van der Waals surface area contributed by atoms with Gasteiger partial charge in [-0.1, -0.05) is 0 Å². The molecule has 1 aliphatic heterocycles. The first-order chi connectivity index (χ1) is 5.63. The lowest BCUT2D eigenvalue weighted by Gasteiger charge is -2.16. The standard InChI is InChI=1S/C9H19FN2/c1-7(5-10)11-9-4-8(2)12(3)6-9/h7-9,11H,4-6H2,1-3H3. The van der Waals surface area contributed by atoms with Crippen molar-refractivity contribution in [2.45, 2.75) is 38.4 Å². The summed E-state index contributed by atoms with van der Waals surface area (Å²) in [6.45, 7) is 4.88. The Morgan fingerprint density at radius 3 is 2.75 bits per heavy atom. The Labute approximate surface area is 74.1 Å². The predicted octanol–water partition coefficient (Wildman–Crippen LogP) is 1.03. The normalized spacial score (nSPS) is 34.0. The van der Waals surface area contributed by atoms with Gasteiger partial charge in [0, 0.05) is 24.7 Å². The maximum Gasteiger partial charge on any atom is 0.104 e. The number of alkyl halides is 1. The van der Waals surface area contributed by atoms with Crippen molar-refractivity contribution in [2.75, 3.05) is 20.3 Å². The van der Waals surface area contributed by atoms with Crippen LogP contribution < -0.4 is 5.32 Å². The fourth-order valence-electron chi connectivity index (χ4n) is 1.76. The molecule has 0 aromatic rings. The molecule has 0 bridgehead atoms. The van der Waals surface area contributed by atoms with Gasteiger partial charge in [-0.05, 0) is 27.3 Å². The molecule has 0 aromatic heterocycles. The molecule has 0 amide bonds. The van der Waals surface area contributed by atoms with Gasteiger partial charge in [0.25, 0.3) is 0 Å². The zero-order valence-corrected chi connectivity index (χ0v) is 8.18. The Balaban J connectivity index is 2.27. The maximum absolute atomic E-state index is 12.2. The largest absolute Gasteiger partial charge is 0.308 e. The molecule has 1 heterocycles. The van der Waals surface area contributed by atoms with Gasteiger partial charge in [-0.3, -0.25) is 0 Å². The van der Waals surface area contributed by atoms with Crippen LogP contribution in [0.25, 0.3) is 0 Å². The Morgan fingerprint density at radius 1 is 1.67 bits per heavy atom. The van der Waals surface area contributed by atoms with E-state index >= 15 is 0 Å². The van der Waals surface area contributed by atoms with Crippen LogP contribution in [0, 0.1) is 0 Å². The summed E-state index contributed by atoms with van der Waals surface area (Å²) in [7, 11) is 2.12. The predicted molar refractivity (Wildman–Crippen MR) is 49.1 cm³/mol. The number of nitrogens with one attached hydrogen (secondary N) is 1. The second-order valence-electron chi connectivity index (χ2n) is 3.94. The Morgan fingerprint density at radius 2 is 2.33 bits per heavy atom. The lowest BCUT2D eigenvalue weighted by molar-refractivity contribution is 0.319. The Kier molecular flexibility index (Phi) is 3.47. The van der Waals surface area contributed by atoms with Gasteiger partial charge in [0.2, 0.25) is 0 Å². The summed E-state index contributed by atoms with van der Waals surface area (Å²) in [6, 6.07) is 1.12. The highest BCUT2D eigenvalue weighted by Crippen LogP contribution is 2.15. The molecule has 0 radical (unpaired) electrons. The molecule has 0 aromatic carbocycles. The summed E-state index contributed by atoms with van der Waals surface area (Å²) in [6.07, 6.45) is 1.14. The molecule has 3 heteroatoms. The number of halogens is 1. The zero-order valence-electron chi connectivity index (χ0n) is 8.18. The van der Waals surface area contributed by atoms with Crippen molar-refractivity contribution in [3.63, 3.8) is 0 Å². The molecule has 0 aliphatic carbocycles. The van der Waals surface area contributed by atoms with Crippen molar-refractivity contribution < 1.29 is 4.39 Å².